The highest BCUT2D eigenvalue weighted by molar-refractivity contribution is 6.37. The van der Waals surface area contributed by atoms with Crippen LogP contribution in [0.3, 0.4) is 0 Å². The Kier molecular flexibility index (Phi) is 6.78. The molecular formula is C21H17Cl4NO. The lowest BCUT2D eigenvalue weighted by Crippen LogP contribution is -2.03. The van der Waals surface area contributed by atoms with Crippen molar-refractivity contribution < 1.29 is 4.74 Å². The minimum Gasteiger partial charge on any atom is -0.486 e. The Hall–Kier alpha value is -1.58. The Labute approximate surface area is 179 Å². The van der Waals surface area contributed by atoms with Crippen LogP contribution in [0.25, 0.3) is 0 Å². The van der Waals surface area contributed by atoms with Gasteiger partial charge in [-0.05, 0) is 48.4 Å². The predicted molar refractivity (Wildman–Crippen MR) is 116 cm³/mol. The van der Waals surface area contributed by atoms with Crippen molar-refractivity contribution in [2.45, 2.75) is 20.1 Å². The summed E-state index contributed by atoms with van der Waals surface area (Å²) in [7, 11) is 0. The van der Waals surface area contributed by atoms with E-state index < -0.39 is 0 Å². The molecule has 3 aromatic rings. The third kappa shape index (κ3) is 5.03. The third-order valence-corrected chi connectivity index (χ3v) is 5.48. The molecule has 0 atom stereocenters. The zero-order valence-electron chi connectivity index (χ0n) is 14.5. The van der Waals surface area contributed by atoms with Gasteiger partial charge in [0.05, 0.1) is 10.0 Å². The first kappa shape index (κ1) is 20.2. The summed E-state index contributed by atoms with van der Waals surface area (Å²) in [5.41, 5.74) is 3.77. The predicted octanol–water partition coefficient (Wildman–Crippen LogP) is 7.80. The van der Waals surface area contributed by atoms with Crippen LogP contribution in [0.2, 0.25) is 20.1 Å². The van der Waals surface area contributed by atoms with Gasteiger partial charge < -0.3 is 10.1 Å². The molecule has 0 bridgehead atoms. The number of nitrogens with one attached hydrogen (secondary N) is 1. The molecule has 27 heavy (non-hydrogen) atoms. The summed E-state index contributed by atoms with van der Waals surface area (Å²) in [4.78, 5) is 0. The minimum atomic E-state index is 0.290. The normalized spacial score (nSPS) is 10.7. The number of halogens is 4. The number of anilines is 1. The molecule has 3 aromatic carbocycles. The van der Waals surface area contributed by atoms with Crippen molar-refractivity contribution in [2.75, 3.05) is 5.32 Å². The Balaban J connectivity index is 1.71. The molecule has 0 saturated carbocycles. The fourth-order valence-electron chi connectivity index (χ4n) is 2.61. The quantitative estimate of drug-likeness (QED) is 0.422. The molecule has 0 aliphatic rings. The molecular weight excluding hydrogens is 424 g/mol. The molecule has 0 saturated heterocycles. The summed E-state index contributed by atoms with van der Waals surface area (Å²) < 4.78 is 5.80. The van der Waals surface area contributed by atoms with Crippen molar-refractivity contribution in [1.29, 1.82) is 0 Å². The van der Waals surface area contributed by atoms with E-state index >= 15 is 0 Å². The van der Waals surface area contributed by atoms with Gasteiger partial charge in [-0.2, -0.15) is 0 Å². The average Bonchev–Trinajstić information content (AvgIpc) is 2.63. The molecule has 0 aromatic heterocycles. The van der Waals surface area contributed by atoms with Gasteiger partial charge >= 0.3 is 0 Å². The Morgan fingerprint density at radius 1 is 0.815 bits per heavy atom. The Morgan fingerprint density at radius 2 is 1.48 bits per heavy atom. The van der Waals surface area contributed by atoms with Crippen molar-refractivity contribution in [2.24, 2.45) is 0 Å². The number of rotatable bonds is 6. The standard InChI is InChI=1S/C21H17Cl4NO/c1-13-16(22)7-4-8-20(13)26-11-14-9-18(24)21(19(25)10-14)27-12-15-5-2-3-6-17(15)23/h2-10,26H,11-12H2,1H3. The van der Waals surface area contributed by atoms with Crippen LogP contribution >= 0.6 is 46.4 Å². The Bertz CT molecular complexity index is 936. The van der Waals surface area contributed by atoms with Gasteiger partial charge in [0.25, 0.3) is 0 Å². The second-order valence-electron chi connectivity index (χ2n) is 6.03. The molecule has 0 aliphatic heterocycles. The first-order chi connectivity index (χ1) is 13.0. The number of ether oxygens (including phenoxy) is 1. The smallest absolute Gasteiger partial charge is 0.156 e. The maximum Gasteiger partial charge on any atom is 0.156 e. The van der Waals surface area contributed by atoms with E-state index in [2.05, 4.69) is 5.32 Å². The van der Waals surface area contributed by atoms with Gasteiger partial charge in [0.15, 0.2) is 5.75 Å². The molecule has 0 heterocycles. The molecule has 2 nitrogen and oxygen atoms in total. The van der Waals surface area contributed by atoms with E-state index in [1.54, 1.807) is 0 Å². The van der Waals surface area contributed by atoms with Gasteiger partial charge in [0.1, 0.15) is 6.61 Å². The second-order valence-corrected chi connectivity index (χ2v) is 7.66. The molecule has 1 N–H and O–H groups in total. The first-order valence-corrected chi connectivity index (χ1v) is 9.80. The van der Waals surface area contributed by atoms with E-state index in [-0.39, 0.29) is 0 Å². The molecule has 140 valence electrons. The monoisotopic (exact) mass is 439 g/mol. The van der Waals surface area contributed by atoms with Crippen LogP contribution in [0, 0.1) is 6.92 Å². The molecule has 6 heteroatoms. The van der Waals surface area contributed by atoms with Crippen molar-refractivity contribution >= 4 is 52.1 Å². The summed E-state index contributed by atoms with van der Waals surface area (Å²) in [6.45, 7) is 2.82. The van der Waals surface area contributed by atoms with Gasteiger partial charge in [-0.25, -0.2) is 0 Å². The highest BCUT2D eigenvalue weighted by Gasteiger charge is 2.11. The number of benzene rings is 3. The molecule has 0 unspecified atom stereocenters. The highest BCUT2D eigenvalue weighted by Crippen LogP contribution is 2.35. The zero-order chi connectivity index (χ0) is 19.4. The summed E-state index contributed by atoms with van der Waals surface area (Å²) in [6.07, 6.45) is 0. The van der Waals surface area contributed by atoms with Crippen molar-refractivity contribution in [3.05, 3.63) is 91.4 Å². The minimum absolute atomic E-state index is 0.290. The van der Waals surface area contributed by atoms with E-state index in [9.17, 15) is 0 Å². The molecule has 0 spiro atoms. The van der Waals surface area contributed by atoms with Gasteiger partial charge in [-0.3, -0.25) is 0 Å². The van der Waals surface area contributed by atoms with E-state index in [0.717, 1.165) is 27.4 Å². The van der Waals surface area contributed by atoms with Crippen molar-refractivity contribution in [3.8, 4) is 5.75 Å². The zero-order valence-corrected chi connectivity index (χ0v) is 17.6. The van der Waals surface area contributed by atoms with Crippen molar-refractivity contribution in [3.63, 3.8) is 0 Å². The summed E-state index contributed by atoms with van der Waals surface area (Å²) in [5, 5.41) is 5.62. The molecule has 0 radical (unpaired) electrons. The maximum atomic E-state index is 6.39. The summed E-state index contributed by atoms with van der Waals surface area (Å²) in [5.74, 6) is 0.445. The van der Waals surface area contributed by atoms with E-state index in [1.807, 2.05) is 61.5 Å². The SMILES string of the molecule is Cc1c(Cl)cccc1NCc1cc(Cl)c(OCc2ccccc2Cl)c(Cl)c1. The fraction of sp³-hybridized carbons (Fsp3) is 0.143. The van der Waals surface area contributed by atoms with Gasteiger partial charge in [-0.1, -0.05) is 70.7 Å². The largest absolute Gasteiger partial charge is 0.486 e. The van der Waals surface area contributed by atoms with Gasteiger partial charge in [0, 0.05) is 27.8 Å². The number of hydrogen-bond acceptors (Lipinski definition) is 2. The van der Waals surface area contributed by atoms with Gasteiger partial charge in [-0.15, -0.1) is 0 Å². The van der Waals surface area contributed by atoms with Gasteiger partial charge in [0.2, 0.25) is 0 Å². The molecule has 3 rings (SSSR count). The van der Waals surface area contributed by atoms with Crippen LogP contribution < -0.4 is 10.1 Å². The van der Waals surface area contributed by atoms with Crippen LogP contribution in [0.1, 0.15) is 16.7 Å². The lowest BCUT2D eigenvalue weighted by atomic mass is 10.1. The lowest BCUT2D eigenvalue weighted by molar-refractivity contribution is 0.306. The average molecular weight is 441 g/mol. The van der Waals surface area contributed by atoms with E-state index in [4.69, 9.17) is 51.1 Å². The first-order valence-electron chi connectivity index (χ1n) is 8.29. The second kappa shape index (κ2) is 9.07. The number of hydrogen-bond donors (Lipinski definition) is 1. The highest BCUT2D eigenvalue weighted by atomic mass is 35.5. The Morgan fingerprint density at radius 3 is 2.19 bits per heavy atom. The summed E-state index contributed by atoms with van der Waals surface area (Å²) in [6, 6.07) is 16.9. The topological polar surface area (TPSA) is 21.3 Å². The van der Waals surface area contributed by atoms with Crippen LogP contribution in [-0.4, -0.2) is 0 Å². The third-order valence-electron chi connectivity index (χ3n) is 4.14. The fourth-order valence-corrected chi connectivity index (χ4v) is 3.62. The summed E-state index contributed by atoms with van der Waals surface area (Å²) >= 11 is 25.1. The maximum absolute atomic E-state index is 6.39. The molecule has 0 fully saturated rings. The van der Waals surface area contributed by atoms with E-state index in [0.29, 0.717) is 34.0 Å². The van der Waals surface area contributed by atoms with Crippen molar-refractivity contribution in [1.82, 2.24) is 0 Å². The molecule has 0 aliphatic carbocycles. The van der Waals surface area contributed by atoms with Crippen LogP contribution in [0.5, 0.6) is 5.75 Å². The van der Waals surface area contributed by atoms with Crippen LogP contribution in [-0.2, 0) is 13.2 Å². The van der Waals surface area contributed by atoms with Crippen LogP contribution in [0.15, 0.2) is 54.6 Å². The lowest BCUT2D eigenvalue weighted by Gasteiger charge is -2.14. The van der Waals surface area contributed by atoms with Crippen LogP contribution in [0.4, 0.5) is 5.69 Å². The molecule has 0 amide bonds. The van der Waals surface area contributed by atoms with E-state index in [1.165, 1.54) is 0 Å².